The SMILES string of the molecule is CC(=O)N[C@@H](CCCCN)C(=O)N[C@@H](CCCCN)C(=O)NN. The molecule has 9 nitrogen and oxygen atoms in total. The average molecular weight is 330 g/mol. The van der Waals surface area contributed by atoms with Crippen LogP contribution in [-0.2, 0) is 14.4 Å². The van der Waals surface area contributed by atoms with E-state index in [9.17, 15) is 14.4 Å². The number of unbranched alkanes of at least 4 members (excludes halogenated alkanes) is 2. The van der Waals surface area contributed by atoms with Crippen LogP contribution in [-0.4, -0.2) is 42.9 Å². The maximum Gasteiger partial charge on any atom is 0.256 e. The highest BCUT2D eigenvalue weighted by molar-refractivity contribution is 5.91. The average Bonchev–Trinajstić information content (AvgIpc) is 2.52. The molecule has 0 aliphatic heterocycles. The van der Waals surface area contributed by atoms with Crippen LogP contribution in [0.4, 0.5) is 0 Å². The van der Waals surface area contributed by atoms with E-state index in [-0.39, 0.29) is 5.91 Å². The number of carbonyl (C=O) groups excluding carboxylic acids is 3. The Morgan fingerprint density at radius 3 is 1.70 bits per heavy atom. The molecule has 0 spiro atoms. The van der Waals surface area contributed by atoms with Crippen molar-refractivity contribution in [3.05, 3.63) is 0 Å². The Morgan fingerprint density at radius 2 is 1.30 bits per heavy atom. The first-order valence-electron chi connectivity index (χ1n) is 7.94. The topological polar surface area (TPSA) is 165 Å². The molecule has 2 atom stereocenters. The third-order valence-corrected chi connectivity index (χ3v) is 3.36. The Hall–Kier alpha value is -1.71. The molecular weight excluding hydrogens is 300 g/mol. The van der Waals surface area contributed by atoms with Gasteiger partial charge in [-0.25, -0.2) is 5.84 Å². The molecule has 0 aliphatic rings. The van der Waals surface area contributed by atoms with Gasteiger partial charge in [-0.15, -0.1) is 0 Å². The van der Waals surface area contributed by atoms with Crippen LogP contribution in [0.5, 0.6) is 0 Å². The minimum Gasteiger partial charge on any atom is -0.345 e. The van der Waals surface area contributed by atoms with Crippen molar-refractivity contribution < 1.29 is 14.4 Å². The summed E-state index contributed by atoms with van der Waals surface area (Å²) in [6.07, 6.45) is 3.79. The lowest BCUT2D eigenvalue weighted by Gasteiger charge is -2.22. The lowest BCUT2D eigenvalue weighted by atomic mass is 10.1. The number of rotatable bonds is 12. The van der Waals surface area contributed by atoms with Crippen molar-refractivity contribution in [1.29, 1.82) is 0 Å². The van der Waals surface area contributed by atoms with Crippen molar-refractivity contribution in [2.75, 3.05) is 13.1 Å². The number of hydrogen-bond donors (Lipinski definition) is 6. The highest BCUT2D eigenvalue weighted by atomic mass is 16.2. The summed E-state index contributed by atoms with van der Waals surface area (Å²) in [6, 6.07) is -1.44. The molecule has 134 valence electrons. The van der Waals surface area contributed by atoms with Crippen molar-refractivity contribution in [3.63, 3.8) is 0 Å². The van der Waals surface area contributed by atoms with E-state index < -0.39 is 23.9 Å². The fourth-order valence-corrected chi connectivity index (χ4v) is 2.14. The zero-order chi connectivity index (χ0) is 17.7. The summed E-state index contributed by atoms with van der Waals surface area (Å²) in [7, 11) is 0. The van der Waals surface area contributed by atoms with Gasteiger partial charge in [-0.1, -0.05) is 0 Å². The van der Waals surface area contributed by atoms with Gasteiger partial charge in [0, 0.05) is 6.92 Å². The minimum atomic E-state index is -0.746. The standard InChI is InChI=1S/C14H30N6O3/c1-10(21)18-11(6-2-4-8-15)13(22)19-12(14(23)20-17)7-3-5-9-16/h11-12H,2-9,15-17H2,1H3,(H,18,21)(H,19,22)(H,20,23)/t11-,12-/m0/s1. The molecule has 23 heavy (non-hydrogen) atoms. The van der Waals surface area contributed by atoms with Gasteiger partial charge in [0.2, 0.25) is 11.8 Å². The molecule has 0 bridgehead atoms. The summed E-state index contributed by atoms with van der Waals surface area (Å²) in [6.45, 7) is 2.37. The second-order valence-corrected chi connectivity index (χ2v) is 5.39. The van der Waals surface area contributed by atoms with Crippen molar-refractivity contribution in [3.8, 4) is 0 Å². The van der Waals surface area contributed by atoms with E-state index in [1.165, 1.54) is 6.92 Å². The second kappa shape index (κ2) is 12.8. The van der Waals surface area contributed by atoms with Gasteiger partial charge in [0.15, 0.2) is 0 Å². The summed E-state index contributed by atoms with van der Waals surface area (Å²) in [4.78, 5) is 35.3. The smallest absolute Gasteiger partial charge is 0.256 e. The first-order valence-corrected chi connectivity index (χ1v) is 7.94. The van der Waals surface area contributed by atoms with E-state index in [1.807, 2.05) is 5.43 Å². The molecule has 3 amide bonds. The molecule has 0 unspecified atom stereocenters. The van der Waals surface area contributed by atoms with Gasteiger partial charge in [0.05, 0.1) is 0 Å². The number of carbonyl (C=O) groups is 3. The number of hydrogen-bond acceptors (Lipinski definition) is 6. The molecule has 9 heteroatoms. The molecule has 0 aromatic heterocycles. The zero-order valence-electron chi connectivity index (χ0n) is 13.8. The molecule has 0 saturated heterocycles. The van der Waals surface area contributed by atoms with Crippen molar-refractivity contribution in [2.24, 2.45) is 17.3 Å². The van der Waals surface area contributed by atoms with Gasteiger partial charge in [0.1, 0.15) is 12.1 Å². The van der Waals surface area contributed by atoms with E-state index in [0.717, 1.165) is 12.8 Å². The first kappa shape index (κ1) is 21.3. The largest absolute Gasteiger partial charge is 0.345 e. The quantitative estimate of drug-likeness (QED) is 0.107. The minimum absolute atomic E-state index is 0.305. The molecule has 0 heterocycles. The van der Waals surface area contributed by atoms with Crippen molar-refractivity contribution in [1.82, 2.24) is 16.1 Å². The Balaban J connectivity index is 4.70. The van der Waals surface area contributed by atoms with Gasteiger partial charge in [-0.2, -0.15) is 0 Å². The predicted molar refractivity (Wildman–Crippen MR) is 87.7 cm³/mol. The highest BCUT2D eigenvalue weighted by Gasteiger charge is 2.25. The second-order valence-electron chi connectivity index (χ2n) is 5.39. The molecule has 9 N–H and O–H groups in total. The van der Waals surface area contributed by atoms with Gasteiger partial charge >= 0.3 is 0 Å². The van der Waals surface area contributed by atoms with Crippen LogP contribution >= 0.6 is 0 Å². The van der Waals surface area contributed by atoms with E-state index in [2.05, 4.69) is 10.6 Å². The van der Waals surface area contributed by atoms with Crippen LogP contribution in [0.25, 0.3) is 0 Å². The van der Waals surface area contributed by atoms with Crippen LogP contribution < -0.4 is 33.4 Å². The van der Waals surface area contributed by atoms with Crippen LogP contribution in [0.15, 0.2) is 0 Å². The van der Waals surface area contributed by atoms with Gasteiger partial charge in [-0.3, -0.25) is 19.8 Å². The molecule has 0 radical (unpaired) electrons. The Morgan fingerprint density at radius 1 is 0.826 bits per heavy atom. The van der Waals surface area contributed by atoms with Gasteiger partial charge in [0.25, 0.3) is 5.91 Å². The number of amides is 3. The number of hydrazine groups is 1. The van der Waals surface area contributed by atoms with E-state index in [4.69, 9.17) is 17.3 Å². The number of nitrogens with two attached hydrogens (primary N) is 3. The molecule has 0 rings (SSSR count). The third-order valence-electron chi connectivity index (χ3n) is 3.36. The molecular formula is C14H30N6O3. The van der Waals surface area contributed by atoms with Crippen LogP contribution in [0.3, 0.4) is 0 Å². The molecule has 0 saturated carbocycles. The predicted octanol–water partition coefficient (Wildman–Crippen LogP) is -1.78. The van der Waals surface area contributed by atoms with Crippen LogP contribution in [0, 0.1) is 0 Å². The lowest BCUT2D eigenvalue weighted by Crippen LogP contribution is -2.54. The zero-order valence-corrected chi connectivity index (χ0v) is 13.8. The van der Waals surface area contributed by atoms with Crippen molar-refractivity contribution in [2.45, 2.75) is 57.5 Å². The normalized spacial score (nSPS) is 13.0. The summed E-state index contributed by atoms with van der Waals surface area (Å²) in [5.41, 5.74) is 12.9. The molecule has 0 aliphatic carbocycles. The Kier molecular flexibility index (Phi) is 11.8. The fourth-order valence-electron chi connectivity index (χ4n) is 2.14. The monoisotopic (exact) mass is 330 g/mol. The summed E-state index contributed by atoms with van der Waals surface area (Å²) >= 11 is 0. The maximum absolute atomic E-state index is 12.3. The molecule has 0 aromatic rings. The first-order chi connectivity index (χ1) is 11.0. The summed E-state index contributed by atoms with van der Waals surface area (Å²) in [5, 5.41) is 5.23. The van der Waals surface area contributed by atoms with E-state index in [0.29, 0.717) is 38.8 Å². The Labute approximate surface area is 137 Å². The summed E-state index contributed by atoms with van der Waals surface area (Å²) in [5.74, 6) is 3.97. The fraction of sp³-hybridized carbons (Fsp3) is 0.786. The van der Waals surface area contributed by atoms with Crippen LogP contribution in [0.2, 0.25) is 0 Å². The highest BCUT2D eigenvalue weighted by Crippen LogP contribution is 2.05. The van der Waals surface area contributed by atoms with E-state index >= 15 is 0 Å². The Bertz CT molecular complexity index is 378. The molecule has 0 fully saturated rings. The van der Waals surface area contributed by atoms with Crippen LogP contribution in [0.1, 0.15) is 45.4 Å². The van der Waals surface area contributed by atoms with Crippen molar-refractivity contribution >= 4 is 17.7 Å². The van der Waals surface area contributed by atoms with Gasteiger partial charge in [-0.05, 0) is 51.6 Å². The maximum atomic E-state index is 12.3. The lowest BCUT2D eigenvalue weighted by molar-refractivity contribution is -0.132. The molecule has 0 aromatic carbocycles. The summed E-state index contributed by atoms with van der Waals surface area (Å²) < 4.78 is 0. The van der Waals surface area contributed by atoms with Gasteiger partial charge < -0.3 is 22.1 Å². The number of nitrogens with one attached hydrogen (secondary N) is 3. The third kappa shape index (κ3) is 9.82. The van der Waals surface area contributed by atoms with E-state index in [1.54, 1.807) is 0 Å².